The van der Waals surface area contributed by atoms with E-state index in [1.165, 1.54) is 0 Å². The highest BCUT2D eigenvalue weighted by molar-refractivity contribution is 7.89. The third kappa shape index (κ3) is 3.60. The molecule has 2 N–H and O–H groups in total. The van der Waals surface area contributed by atoms with Crippen LogP contribution < -0.4 is 5.73 Å². The second-order valence-corrected chi connectivity index (χ2v) is 7.07. The van der Waals surface area contributed by atoms with Crippen LogP contribution in [0.25, 0.3) is 0 Å². The number of aryl methyl sites for hydroxylation is 1. The fourth-order valence-corrected chi connectivity index (χ4v) is 3.87. The molecule has 1 aliphatic rings. The third-order valence-corrected chi connectivity index (χ3v) is 5.43. The van der Waals surface area contributed by atoms with E-state index in [2.05, 4.69) is 0 Å². The van der Waals surface area contributed by atoms with Gasteiger partial charge < -0.3 is 15.0 Å². The van der Waals surface area contributed by atoms with Crippen LogP contribution in [0, 0.1) is 0 Å². The lowest BCUT2D eigenvalue weighted by Gasteiger charge is -2.30. The van der Waals surface area contributed by atoms with Gasteiger partial charge in [0.2, 0.25) is 10.0 Å². The van der Waals surface area contributed by atoms with E-state index in [-0.39, 0.29) is 6.10 Å². The van der Waals surface area contributed by atoms with Gasteiger partial charge in [-0.2, -0.15) is 4.31 Å². The predicted molar refractivity (Wildman–Crippen MR) is 76.8 cm³/mol. The first-order valence-corrected chi connectivity index (χ1v) is 8.42. The fourth-order valence-electron chi connectivity index (χ4n) is 2.35. The Morgan fingerprint density at radius 1 is 1.40 bits per heavy atom. The zero-order valence-electron chi connectivity index (χ0n) is 11.9. The van der Waals surface area contributed by atoms with Crippen molar-refractivity contribution in [2.45, 2.75) is 30.3 Å². The van der Waals surface area contributed by atoms with Gasteiger partial charge in [-0.3, -0.25) is 0 Å². The zero-order chi connectivity index (χ0) is 14.6. The Bertz CT molecular complexity index is 519. The molecule has 0 atom stereocenters. The molecule has 2 heterocycles. The highest BCUT2D eigenvalue weighted by atomic mass is 32.2. The average Bonchev–Trinajstić information content (AvgIpc) is 2.87. The van der Waals surface area contributed by atoms with Gasteiger partial charge in [0.05, 0.1) is 11.0 Å². The van der Waals surface area contributed by atoms with Crippen molar-refractivity contribution in [3.8, 4) is 0 Å². The zero-order valence-corrected chi connectivity index (χ0v) is 12.7. The van der Waals surface area contributed by atoms with Crippen molar-refractivity contribution in [2.24, 2.45) is 12.8 Å². The minimum Gasteiger partial charge on any atom is -0.378 e. The topological polar surface area (TPSA) is 77.6 Å². The molecule has 0 bridgehead atoms. The molecule has 1 aromatic rings. The van der Waals surface area contributed by atoms with Crippen LogP contribution in [-0.4, -0.2) is 49.6 Å². The minimum atomic E-state index is -3.35. The summed E-state index contributed by atoms with van der Waals surface area (Å²) in [7, 11) is -1.54. The van der Waals surface area contributed by atoms with E-state index >= 15 is 0 Å². The molecule has 1 fully saturated rings. The highest BCUT2D eigenvalue weighted by Crippen LogP contribution is 2.22. The van der Waals surface area contributed by atoms with Gasteiger partial charge in [0.15, 0.2) is 0 Å². The summed E-state index contributed by atoms with van der Waals surface area (Å²) in [5.74, 6) is 0. The van der Waals surface area contributed by atoms with E-state index in [0.717, 1.165) is 19.3 Å². The van der Waals surface area contributed by atoms with Crippen molar-refractivity contribution in [1.29, 1.82) is 0 Å². The Hall–Kier alpha value is -0.890. The Kier molecular flexibility index (Phi) is 5.20. The summed E-state index contributed by atoms with van der Waals surface area (Å²) in [6.07, 6.45) is 5.88. The van der Waals surface area contributed by atoms with Crippen LogP contribution in [0.4, 0.5) is 0 Å². The summed E-state index contributed by atoms with van der Waals surface area (Å²) in [6.45, 7) is 2.32. The standard InChI is InChI=1S/C13H23N3O3S/c1-15-7-5-13(11-15)20(17,18)16-8-3-12(4-9-16)19-10-2-6-14/h5,7,11-12H,2-4,6,8-10,14H2,1H3. The molecule has 0 spiro atoms. The molecule has 0 saturated carbocycles. The summed E-state index contributed by atoms with van der Waals surface area (Å²) in [5, 5.41) is 0. The smallest absolute Gasteiger partial charge is 0.244 e. The Morgan fingerprint density at radius 3 is 2.65 bits per heavy atom. The minimum absolute atomic E-state index is 0.156. The number of rotatable bonds is 6. The maximum Gasteiger partial charge on any atom is 0.244 e. The molecule has 1 aliphatic heterocycles. The Labute approximate surface area is 120 Å². The molecule has 0 radical (unpaired) electrons. The van der Waals surface area contributed by atoms with Gasteiger partial charge in [-0.25, -0.2) is 8.42 Å². The number of hydrogen-bond donors (Lipinski definition) is 1. The monoisotopic (exact) mass is 301 g/mol. The lowest BCUT2D eigenvalue weighted by molar-refractivity contribution is 0.0209. The van der Waals surface area contributed by atoms with Crippen molar-refractivity contribution < 1.29 is 13.2 Å². The predicted octanol–water partition coefficient (Wildman–Crippen LogP) is 0.544. The van der Waals surface area contributed by atoms with E-state index in [4.69, 9.17) is 10.5 Å². The molecule has 20 heavy (non-hydrogen) atoms. The summed E-state index contributed by atoms with van der Waals surface area (Å²) in [4.78, 5) is 0.363. The van der Waals surface area contributed by atoms with E-state index in [1.807, 2.05) is 7.05 Å². The van der Waals surface area contributed by atoms with Crippen LogP contribution in [0.15, 0.2) is 23.4 Å². The first-order chi connectivity index (χ1) is 9.54. The van der Waals surface area contributed by atoms with Gasteiger partial charge in [-0.05, 0) is 31.9 Å². The largest absolute Gasteiger partial charge is 0.378 e. The summed E-state index contributed by atoms with van der Waals surface area (Å²) in [6, 6.07) is 1.64. The van der Waals surface area contributed by atoms with Crippen LogP contribution in [-0.2, 0) is 21.8 Å². The Balaban J connectivity index is 1.90. The second kappa shape index (κ2) is 6.71. The molecule has 2 rings (SSSR count). The molecule has 0 unspecified atom stereocenters. The first kappa shape index (κ1) is 15.5. The molecule has 0 amide bonds. The third-order valence-electron chi connectivity index (χ3n) is 3.55. The number of nitrogens with two attached hydrogens (primary N) is 1. The van der Waals surface area contributed by atoms with Crippen molar-refractivity contribution in [3.63, 3.8) is 0 Å². The number of aromatic nitrogens is 1. The first-order valence-electron chi connectivity index (χ1n) is 6.98. The van der Waals surface area contributed by atoms with Gasteiger partial charge in [0, 0.05) is 39.1 Å². The second-order valence-electron chi connectivity index (χ2n) is 5.13. The van der Waals surface area contributed by atoms with Gasteiger partial charge in [-0.15, -0.1) is 0 Å². The number of sulfonamides is 1. The van der Waals surface area contributed by atoms with E-state index in [1.54, 1.807) is 27.3 Å². The lowest BCUT2D eigenvalue weighted by atomic mass is 10.1. The van der Waals surface area contributed by atoms with E-state index in [9.17, 15) is 8.42 Å². The summed E-state index contributed by atoms with van der Waals surface area (Å²) >= 11 is 0. The van der Waals surface area contributed by atoms with Gasteiger partial charge in [0.25, 0.3) is 0 Å². The van der Waals surface area contributed by atoms with Crippen LogP contribution in [0.3, 0.4) is 0 Å². The highest BCUT2D eigenvalue weighted by Gasteiger charge is 2.29. The van der Waals surface area contributed by atoms with Crippen LogP contribution in [0.5, 0.6) is 0 Å². The van der Waals surface area contributed by atoms with E-state index in [0.29, 0.717) is 31.1 Å². The van der Waals surface area contributed by atoms with Crippen molar-refractivity contribution in [2.75, 3.05) is 26.2 Å². The summed E-state index contributed by atoms with van der Waals surface area (Å²) < 4.78 is 33.8. The van der Waals surface area contributed by atoms with E-state index < -0.39 is 10.0 Å². The normalized spacial score (nSPS) is 18.5. The van der Waals surface area contributed by atoms with Crippen LogP contribution >= 0.6 is 0 Å². The molecular formula is C13H23N3O3S. The number of nitrogens with zero attached hydrogens (tertiary/aromatic N) is 2. The number of hydrogen-bond acceptors (Lipinski definition) is 4. The molecule has 7 heteroatoms. The van der Waals surface area contributed by atoms with Gasteiger partial charge in [-0.1, -0.05) is 0 Å². The molecular weight excluding hydrogens is 278 g/mol. The molecule has 0 aromatic carbocycles. The van der Waals surface area contributed by atoms with Gasteiger partial charge >= 0.3 is 0 Å². The number of piperidine rings is 1. The molecule has 1 aromatic heterocycles. The van der Waals surface area contributed by atoms with Crippen molar-refractivity contribution >= 4 is 10.0 Å². The quantitative estimate of drug-likeness (QED) is 0.778. The maximum absolute atomic E-state index is 12.4. The number of ether oxygens (including phenoxy) is 1. The molecule has 114 valence electrons. The van der Waals surface area contributed by atoms with Crippen LogP contribution in [0.1, 0.15) is 19.3 Å². The lowest BCUT2D eigenvalue weighted by Crippen LogP contribution is -2.40. The molecule has 1 saturated heterocycles. The summed E-state index contributed by atoms with van der Waals surface area (Å²) in [5.41, 5.74) is 5.42. The molecule has 6 nitrogen and oxygen atoms in total. The average molecular weight is 301 g/mol. The fraction of sp³-hybridized carbons (Fsp3) is 0.692. The van der Waals surface area contributed by atoms with Crippen LogP contribution in [0.2, 0.25) is 0 Å². The Morgan fingerprint density at radius 2 is 2.10 bits per heavy atom. The SMILES string of the molecule is Cn1ccc(S(=O)(=O)N2CCC(OCCCN)CC2)c1. The van der Waals surface area contributed by atoms with Gasteiger partial charge in [0.1, 0.15) is 0 Å². The van der Waals surface area contributed by atoms with Crippen molar-refractivity contribution in [1.82, 2.24) is 8.87 Å². The van der Waals surface area contributed by atoms with Crippen molar-refractivity contribution in [3.05, 3.63) is 18.5 Å². The molecule has 0 aliphatic carbocycles. The maximum atomic E-state index is 12.4.